The van der Waals surface area contributed by atoms with Crippen molar-refractivity contribution >= 4 is 11.0 Å². The summed E-state index contributed by atoms with van der Waals surface area (Å²) >= 11 is 0. The van der Waals surface area contributed by atoms with Gasteiger partial charge in [-0.15, -0.1) is 0 Å². The van der Waals surface area contributed by atoms with Gasteiger partial charge in [0.15, 0.2) is 11.3 Å². The molecule has 0 radical (unpaired) electrons. The predicted molar refractivity (Wildman–Crippen MR) is 85.7 cm³/mol. The van der Waals surface area contributed by atoms with E-state index in [0.717, 1.165) is 40.9 Å². The summed E-state index contributed by atoms with van der Waals surface area (Å²) in [6.07, 6.45) is 4.09. The smallest absolute Gasteiger partial charge is 0.176 e. The fourth-order valence-corrected chi connectivity index (χ4v) is 3.38. The van der Waals surface area contributed by atoms with Crippen LogP contribution in [0.4, 0.5) is 0 Å². The Labute approximate surface area is 126 Å². The van der Waals surface area contributed by atoms with E-state index in [9.17, 15) is 0 Å². The Balaban J connectivity index is 1.68. The zero-order chi connectivity index (χ0) is 14.8. The molecular formula is C18H25NO2. The SMILES string of the molecule is COc1cccc2cc(C(C)NCC3CCC(C)C3)oc12. The highest BCUT2D eigenvalue weighted by molar-refractivity contribution is 5.83. The van der Waals surface area contributed by atoms with E-state index in [4.69, 9.17) is 9.15 Å². The molecule has 0 amide bonds. The second-order valence-corrected chi connectivity index (χ2v) is 6.44. The highest BCUT2D eigenvalue weighted by atomic mass is 16.5. The number of benzene rings is 1. The van der Waals surface area contributed by atoms with Gasteiger partial charge in [0.25, 0.3) is 0 Å². The van der Waals surface area contributed by atoms with E-state index < -0.39 is 0 Å². The van der Waals surface area contributed by atoms with Crippen molar-refractivity contribution in [1.29, 1.82) is 0 Å². The number of methoxy groups -OCH3 is 1. The molecule has 0 saturated heterocycles. The summed E-state index contributed by atoms with van der Waals surface area (Å²) in [5.41, 5.74) is 0.845. The van der Waals surface area contributed by atoms with Gasteiger partial charge >= 0.3 is 0 Å². The fourth-order valence-electron chi connectivity index (χ4n) is 3.38. The van der Waals surface area contributed by atoms with Gasteiger partial charge in [0.1, 0.15) is 5.76 Å². The van der Waals surface area contributed by atoms with Crippen molar-refractivity contribution in [3.05, 3.63) is 30.0 Å². The summed E-state index contributed by atoms with van der Waals surface area (Å²) in [4.78, 5) is 0. The lowest BCUT2D eigenvalue weighted by Crippen LogP contribution is -2.24. The van der Waals surface area contributed by atoms with Crippen molar-refractivity contribution in [3.63, 3.8) is 0 Å². The van der Waals surface area contributed by atoms with Crippen LogP contribution in [0.1, 0.15) is 44.9 Å². The molecule has 2 aromatic rings. The van der Waals surface area contributed by atoms with Gasteiger partial charge in [-0.25, -0.2) is 0 Å². The molecule has 3 unspecified atom stereocenters. The van der Waals surface area contributed by atoms with Crippen molar-refractivity contribution in [2.24, 2.45) is 11.8 Å². The van der Waals surface area contributed by atoms with Gasteiger partial charge in [-0.2, -0.15) is 0 Å². The van der Waals surface area contributed by atoms with E-state index in [0.29, 0.717) is 0 Å². The molecule has 1 heterocycles. The largest absolute Gasteiger partial charge is 0.493 e. The number of para-hydroxylation sites is 1. The van der Waals surface area contributed by atoms with Crippen molar-refractivity contribution in [3.8, 4) is 5.75 Å². The minimum Gasteiger partial charge on any atom is -0.493 e. The number of hydrogen-bond donors (Lipinski definition) is 1. The zero-order valence-corrected chi connectivity index (χ0v) is 13.2. The first-order valence-electron chi connectivity index (χ1n) is 7.97. The predicted octanol–water partition coefficient (Wildman–Crippen LogP) is 4.53. The van der Waals surface area contributed by atoms with Crippen LogP contribution in [0.15, 0.2) is 28.7 Å². The number of ether oxygens (including phenoxy) is 1. The zero-order valence-electron chi connectivity index (χ0n) is 13.2. The van der Waals surface area contributed by atoms with Gasteiger partial charge in [-0.05, 0) is 50.3 Å². The second kappa shape index (κ2) is 6.10. The maximum atomic E-state index is 6.00. The molecule has 0 aliphatic heterocycles. The molecule has 1 N–H and O–H groups in total. The third kappa shape index (κ3) is 3.08. The molecule has 3 nitrogen and oxygen atoms in total. The molecule has 0 bridgehead atoms. The van der Waals surface area contributed by atoms with Crippen LogP contribution < -0.4 is 10.1 Å². The lowest BCUT2D eigenvalue weighted by atomic mass is 10.1. The molecule has 1 saturated carbocycles. The lowest BCUT2D eigenvalue weighted by Gasteiger charge is -2.15. The van der Waals surface area contributed by atoms with Gasteiger partial charge in [0, 0.05) is 5.39 Å². The highest BCUT2D eigenvalue weighted by Gasteiger charge is 2.22. The Kier molecular flexibility index (Phi) is 4.20. The standard InChI is InChI=1S/C18H25NO2/c1-12-7-8-14(9-12)11-19-13(2)17-10-15-5-4-6-16(20-3)18(15)21-17/h4-6,10,12-14,19H,7-9,11H2,1-3H3. The molecule has 114 valence electrons. The average Bonchev–Trinajstić information content (AvgIpc) is 3.10. The Morgan fingerprint density at radius 3 is 2.95 bits per heavy atom. The van der Waals surface area contributed by atoms with Gasteiger partial charge in [-0.1, -0.05) is 25.5 Å². The first-order chi connectivity index (χ1) is 10.2. The van der Waals surface area contributed by atoms with E-state index in [1.165, 1.54) is 19.3 Å². The third-order valence-corrected chi connectivity index (χ3v) is 4.69. The van der Waals surface area contributed by atoms with E-state index in [1.807, 2.05) is 12.1 Å². The number of nitrogens with one attached hydrogen (secondary N) is 1. The molecule has 1 fully saturated rings. The van der Waals surface area contributed by atoms with Gasteiger partial charge in [-0.3, -0.25) is 0 Å². The quantitative estimate of drug-likeness (QED) is 0.877. The number of hydrogen-bond acceptors (Lipinski definition) is 3. The average molecular weight is 287 g/mol. The topological polar surface area (TPSA) is 34.4 Å². The van der Waals surface area contributed by atoms with Crippen molar-refractivity contribution in [2.45, 2.75) is 39.2 Å². The van der Waals surface area contributed by atoms with Crippen LogP contribution in [0.2, 0.25) is 0 Å². The summed E-state index contributed by atoms with van der Waals surface area (Å²) in [7, 11) is 1.68. The maximum Gasteiger partial charge on any atom is 0.176 e. The number of rotatable bonds is 5. The number of furan rings is 1. The third-order valence-electron chi connectivity index (χ3n) is 4.69. The minimum absolute atomic E-state index is 0.234. The summed E-state index contributed by atoms with van der Waals surface area (Å²) in [5.74, 6) is 3.50. The van der Waals surface area contributed by atoms with Gasteiger partial charge in [0.2, 0.25) is 0 Å². The molecule has 1 aliphatic rings. The summed E-state index contributed by atoms with van der Waals surface area (Å²) in [6.45, 7) is 5.61. The Hall–Kier alpha value is -1.48. The molecule has 1 aliphatic carbocycles. The number of fused-ring (bicyclic) bond motifs is 1. The molecular weight excluding hydrogens is 262 g/mol. The minimum atomic E-state index is 0.234. The van der Waals surface area contributed by atoms with Crippen LogP contribution in [-0.2, 0) is 0 Å². The molecule has 1 aromatic carbocycles. The van der Waals surface area contributed by atoms with Crippen LogP contribution in [0.3, 0.4) is 0 Å². The Morgan fingerprint density at radius 2 is 2.24 bits per heavy atom. The van der Waals surface area contributed by atoms with Crippen molar-refractivity contribution in [2.75, 3.05) is 13.7 Å². The maximum absolute atomic E-state index is 6.00. The summed E-state index contributed by atoms with van der Waals surface area (Å²) in [6, 6.07) is 8.35. The first-order valence-corrected chi connectivity index (χ1v) is 7.97. The second-order valence-electron chi connectivity index (χ2n) is 6.44. The fraction of sp³-hybridized carbons (Fsp3) is 0.556. The molecule has 3 atom stereocenters. The summed E-state index contributed by atoms with van der Waals surface area (Å²) in [5, 5.41) is 4.73. The van der Waals surface area contributed by atoms with Crippen LogP contribution >= 0.6 is 0 Å². The lowest BCUT2D eigenvalue weighted by molar-refractivity contribution is 0.387. The first kappa shape index (κ1) is 14.5. The van der Waals surface area contributed by atoms with Gasteiger partial charge < -0.3 is 14.5 Å². The van der Waals surface area contributed by atoms with Crippen LogP contribution in [0.25, 0.3) is 11.0 Å². The molecule has 3 heteroatoms. The summed E-state index contributed by atoms with van der Waals surface area (Å²) < 4.78 is 11.4. The van der Waals surface area contributed by atoms with E-state index in [1.54, 1.807) is 7.11 Å². The Bertz CT molecular complexity index is 604. The van der Waals surface area contributed by atoms with Crippen LogP contribution in [0, 0.1) is 11.8 Å². The Morgan fingerprint density at radius 1 is 1.38 bits per heavy atom. The van der Waals surface area contributed by atoms with E-state index >= 15 is 0 Å². The van der Waals surface area contributed by atoms with Gasteiger partial charge in [0.05, 0.1) is 13.2 Å². The van der Waals surface area contributed by atoms with Crippen LogP contribution in [0.5, 0.6) is 5.75 Å². The van der Waals surface area contributed by atoms with E-state index in [2.05, 4.69) is 31.3 Å². The molecule has 0 spiro atoms. The monoisotopic (exact) mass is 287 g/mol. The normalized spacial score (nSPS) is 23.6. The van der Waals surface area contributed by atoms with Crippen molar-refractivity contribution in [1.82, 2.24) is 5.32 Å². The molecule has 21 heavy (non-hydrogen) atoms. The molecule has 3 rings (SSSR count). The highest BCUT2D eigenvalue weighted by Crippen LogP contribution is 2.32. The molecule has 1 aromatic heterocycles. The van der Waals surface area contributed by atoms with E-state index in [-0.39, 0.29) is 6.04 Å². The van der Waals surface area contributed by atoms with Crippen molar-refractivity contribution < 1.29 is 9.15 Å². The van der Waals surface area contributed by atoms with Crippen LogP contribution in [-0.4, -0.2) is 13.7 Å².